The summed E-state index contributed by atoms with van der Waals surface area (Å²) in [5.74, 6) is -0.192. The van der Waals surface area contributed by atoms with Crippen molar-refractivity contribution in [3.8, 4) is 0 Å². The highest BCUT2D eigenvalue weighted by atomic mass is 35.5. The monoisotopic (exact) mass is 389 g/mol. The van der Waals surface area contributed by atoms with Crippen molar-refractivity contribution < 1.29 is 4.79 Å². The van der Waals surface area contributed by atoms with Gasteiger partial charge in [0.15, 0.2) is 5.69 Å². The van der Waals surface area contributed by atoms with E-state index in [2.05, 4.69) is 39.1 Å². The lowest BCUT2D eigenvalue weighted by Crippen LogP contribution is -2.38. The molecular formula is C18H20ClN5OS. The molecule has 2 N–H and O–H groups in total. The highest BCUT2D eigenvalue weighted by Crippen LogP contribution is 2.21. The summed E-state index contributed by atoms with van der Waals surface area (Å²) in [6.45, 7) is 2.09. The van der Waals surface area contributed by atoms with Crippen LogP contribution in [0.15, 0.2) is 48.0 Å². The topological polar surface area (TPSA) is 71.8 Å². The van der Waals surface area contributed by atoms with Crippen LogP contribution in [0.1, 0.15) is 32.5 Å². The van der Waals surface area contributed by atoms with Crippen LogP contribution in [0, 0.1) is 0 Å². The van der Waals surface area contributed by atoms with Crippen molar-refractivity contribution in [3.63, 3.8) is 0 Å². The third-order valence-corrected chi connectivity index (χ3v) is 5.21. The van der Waals surface area contributed by atoms with E-state index in [9.17, 15) is 4.79 Å². The zero-order valence-electron chi connectivity index (χ0n) is 14.1. The van der Waals surface area contributed by atoms with Crippen molar-refractivity contribution in [2.45, 2.75) is 19.0 Å². The number of hydrogen-bond acceptors (Lipinski definition) is 5. The lowest BCUT2D eigenvalue weighted by molar-refractivity contribution is 0.0944. The first-order valence-corrected chi connectivity index (χ1v) is 9.19. The van der Waals surface area contributed by atoms with Crippen LogP contribution in [0.3, 0.4) is 0 Å². The fourth-order valence-corrected chi connectivity index (χ4v) is 3.80. The average Bonchev–Trinajstić information content (AvgIpc) is 3.32. The molecule has 1 amide bonds. The fraction of sp³-hybridized carbons (Fsp3) is 0.278. The van der Waals surface area contributed by atoms with E-state index in [1.807, 2.05) is 23.6 Å². The van der Waals surface area contributed by atoms with Gasteiger partial charge in [0.1, 0.15) is 0 Å². The zero-order valence-corrected chi connectivity index (χ0v) is 15.7. The van der Waals surface area contributed by atoms with Gasteiger partial charge >= 0.3 is 0 Å². The van der Waals surface area contributed by atoms with Gasteiger partial charge in [-0.3, -0.25) is 4.79 Å². The molecule has 0 aliphatic carbocycles. The third kappa shape index (κ3) is 4.12. The molecule has 1 aromatic carbocycles. The number of benzene rings is 1. The maximum absolute atomic E-state index is 12.4. The number of carbonyl (C=O) groups is 1. The molecule has 3 aromatic rings. The van der Waals surface area contributed by atoms with Gasteiger partial charge in [-0.25, -0.2) is 4.68 Å². The van der Waals surface area contributed by atoms with Crippen LogP contribution in [0.5, 0.6) is 0 Å². The average molecular weight is 390 g/mol. The van der Waals surface area contributed by atoms with Crippen LogP contribution in [-0.4, -0.2) is 34.0 Å². The van der Waals surface area contributed by atoms with Crippen LogP contribution < -0.4 is 10.6 Å². The second kappa shape index (κ2) is 8.44. The van der Waals surface area contributed by atoms with Crippen molar-refractivity contribution >= 4 is 29.7 Å². The van der Waals surface area contributed by atoms with Gasteiger partial charge in [-0.1, -0.05) is 35.5 Å². The minimum Gasteiger partial charge on any atom is -0.349 e. The summed E-state index contributed by atoms with van der Waals surface area (Å²) in [6, 6.07) is 12.5. The Kier molecular flexibility index (Phi) is 6.03. The van der Waals surface area contributed by atoms with Crippen LogP contribution >= 0.6 is 23.7 Å². The van der Waals surface area contributed by atoms with E-state index in [1.165, 1.54) is 16.0 Å². The Morgan fingerprint density at radius 3 is 3.04 bits per heavy atom. The van der Waals surface area contributed by atoms with Crippen molar-refractivity contribution in [2.75, 3.05) is 13.1 Å². The molecule has 1 aliphatic heterocycles. The largest absolute Gasteiger partial charge is 0.349 e. The number of nitrogens with zero attached hydrogens (tertiary/aromatic N) is 3. The van der Waals surface area contributed by atoms with Crippen LogP contribution in [-0.2, 0) is 13.0 Å². The maximum atomic E-state index is 12.4. The molecule has 136 valence electrons. The first-order chi connectivity index (χ1) is 12.3. The van der Waals surface area contributed by atoms with Gasteiger partial charge in [0.2, 0.25) is 0 Å². The summed E-state index contributed by atoms with van der Waals surface area (Å²) in [7, 11) is 0. The standard InChI is InChI=1S/C18H19N5OS.ClH/c24-18(17-12-23(22-21-17)11-14-5-3-9-25-14)20-10-16-15-6-2-1-4-13(15)7-8-19-16;/h1-6,9,12,16,19H,7-8,10-11H2,(H,20,24);1H. The van der Waals surface area contributed by atoms with E-state index in [-0.39, 0.29) is 24.4 Å². The number of carbonyl (C=O) groups excluding carboxylic acids is 1. The molecule has 0 radical (unpaired) electrons. The molecule has 1 atom stereocenters. The zero-order chi connectivity index (χ0) is 17.1. The second-order valence-corrected chi connectivity index (χ2v) is 7.08. The molecule has 0 spiro atoms. The summed E-state index contributed by atoms with van der Waals surface area (Å²) in [4.78, 5) is 13.5. The lowest BCUT2D eigenvalue weighted by atomic mass is 9.94. The van der Waals surface area contributed by atoms with Crippen molar-refractivity contribution in [1.29, 1.82) is 0 Å². The Hall–Kier alpha value is -2.22. The highest BCUT2D eigenvalue weighted by Gasteiger charge is 2.20. The van der Waals surface area contributed by atoms with E-state index in [0.717, 1.165) is 13.0 Å². The van der Waals surface area contributed by atoms with E-state index < -0.39 is 0 Å². The van der Waals surface area contributed by atoms with Crippen molar-refractivity contribution in [1.82, 2.24) is 25.6 Å². The summed E-state index contributed by atoms with van der Waals surface area (Å²) >= 11 is 1.66. The van der Waals surface area contributed by atoms with Crippen LogP contribution in [0.2, 0.25) is 0 Å². The van der Waals surface area contributed by atoms with Gasteiger partial charge in [-0.05, 0) is 35.5 Å². The molecule has 2 aromatic heterocycles. The molecule has 6 nitrogen and oxygen atoms in total. The number of thiophene rings is 1. The molecular weight excluding hydrogens is 370 g/mol. The van der Waals surface area contributed by atoms with E-state index in [0.29, 0.717) is 18.8 Å². The summed E-state index contributed by atoms with van der Waals surface area (Å²) < 4.78 is 1.69. The fourth-order valence-electron chi connectivity index (χ4n) is 3.10. The summed E-state index contributed by atoms with van der Waals surface area (Å²) in [6.07, 6.45) is 2.72. The van der Waals surface area contributed by atoms with Gasteiger partial charge in [0.25, 0.3) is 5.91 Å². The molecule has 1 unspecified atom stereocenters. The minimum atomic E-state index is -0.192. The molecule has 3 heterocycles. The Morgan fingerprint density at radius 1 is 1.31 bits per heavy atom. The molecule has 26 heavy (non-hydrogen) atoms. The molecule has 1 aliphatic rings. The lowest BCUT2D eigenvalue weighted by Gasteiger charge is -2.26. The van der Waals surface area contributed by atoms with E-state index >= 15 is 0 Å². The van der Waals surface area contributed by atoms with Gasteiger partial charge in [-0.15, -0.1) is 28.8 Å². The van der Waals surface area contributed by atoms with Crippen molar-refractivity contribution in [3.05, 3.63) is 69.7 Å². The second-order valence-electron chi connectivity index (χ2n) is 6.05. The summed E-state index contributed by atoms with van der Waals surface area (Å²) in [5.41, 5.74) is 2.96. The maximum Gasteiger partial charge on any atom is 0.273 e. The number of amides is 1. The Morgan fingerprint density at radius 2 is 2.19 bits per heavy atom. The SMILES string of the molecule is Cl.O=C(NCC1NCCc2ccccc21)c1cn(Cc2cccs2)nn1. The quantitative estimate of drug-likeness (QED) is 0.703. The first-order valence-electron chi connectivity index (χ1n) is 8.31. The van der Waals surface area contributed by atoms with Crippen LogP contribution in [0.25, 0.3) is 0 Å². The van der Waals surface area contributed by atoms with Crippen molar-refractivity contribution in [2.24, 2.45) is 0 Å². The number of hydrogen-bond donors (Lipinski definition) is 2. The number of rotatable bonds is 5. The normalized spacial score (nSPS) is 15.8. The predicted octanol–water partition coefficient (Wildman–Crippen LogP) is 2.43. The molecule has 0 saturated heterocycles. The number of aromatic nitrogens is 3. The minimum absolute atomic E-state index is 0. The van der Waals surface area contributed by atoms with Gasteiger partial charge in [0, 0.05) is 17.5 Å². The highest BCUT2D eigenvalue weighted by molar-refractivity contribution is 7.09. The van der Waals surface area contributed by atoms with E-state index in [4.69, 9.17) is 0 Å². The molecule has 0 saturated carbocycles. The molecule has 8 heteroatoms. The number of nitrogens with one attached hydrogen (secondary N) is 2. The third-order valence-electron chi connectivity index (χ3n) is 4.35. The Balaban J connectivity index is 0.00000196. The molecule has 0 fully saturated rings. The number of halogens is 1. The molecule has 0 bridgehead atoms. The van der Waals surface area contributed by atoms with Crippen LogP contribution in [0.4, 0.5) is 0 Å². The van der Waals surface area contributed by atoms with E-state index in [1.54, 1.807) is 22.2 Å². The van der Waals surface area contributed by atoms with Gasteiger partial charge < -0.3 is 10.6 Å². The molecule has 4 rings (SSSR count). The Bertz CT molecular complexity index is 864. The van der Waals surface area contributed by atoms with Gasteiger partial charge in [0.05, 0.1) is 12.7 Å². The Labute approximate surface area is 162 Å². The van der Waals surface area contributed by atoms with Gasteiger partial charge in [-0.2, -0.15) is 0 Å². The smallest absolute Gasteiger partial charge is 0.273 e. The first kappa shape index (κ1) is 18.6. The number of fused-ring (bicyclic) bond motifs is 1. The predicted molar refractivity (Wildman–Crippen MR) is 104 cm³/mol. The summed E-state index contributed by atoms with van der Waals surface area (Å²) in [5, 5.41) is 16.5.